The number of carbonyl (C=O) groups excluding carboxylic acids is 2. The summed E-state index contributed by atoms with van der Waals surface area (Å²) in [7, 11) is 1.58. The molecule has 0 spiro atoms. The summed E-state index contributed by atoms with van der Waals surface area (Å²) < 4.78 is 5.34. The number of nitrogens with one attached hydrogen (secondary N) is 1. The third kappa shape index (κ3) is 2.96. The average molecular weight is 283 g/mol. The first kappa shape index (κ1) is 15.3. The van der Waals surface area contributed by atoms with Crippen LogP contribution in [0.3, 0.4) is 0 Å². The lowest BCUT2D eigenvalue weighted by molar-refractivity contribution is -0.154. The maximum Gasteiger partial charge on any atom is 0.244 e. The maximum atomic E-state index is 12.8. The van der Waals surface area contributed by atoms with E-state index in [9.17, 15) is 9.59 Å². The molecule has 1 aliphatic heterocycles. The highest BCUT2D eigenvalue weighted by Gasteiger charge is 2.41. The Morgan fingerprint density at radius 3 is 2.75 bits per heavy atom. The lowest BCUT2D eigenvalue weighted by atomic mass is 9.76. The molecule has 6 heteroatoms. The molecule has 0 bridgehead atoms. The summed E-state index contributed by atoms with van der Waals surface area (Å²) in [5.74, 6) is -0.0508. The van der Waals surface area contributed by atoms with Gasteiger partial charge in [0.25, 0.3) is 0 Å². The van der Waals surface area contributed by atoms with Crippen LogP contribution in [-0.2, 0) is 14.3 Å². The third-order valence-electron chi connectivity index (χ3n) is 4.52. The van der Waals surface area contributed by atoms with Gasteiger partial charge in [0.05, 0.1) is 19.1 Å². The number of hydrogen-bond donors (Lipinski definition) is 2. The molecule has 0 aromatic heterocycles. The van der Waals surface area contributed by atoms with E-state index in [1.54, 1.807) is 11.9 Å². The first-order chi connectivity index (χ1) is 9.56. The minimum atomic E-state index is -0.525. The van der Waals surface area contributed by atoms with Crippen LogP contribution >= 0.6 is 0 Å². The third-order valence-corrected chi connectivity index (χ3v) is 4.52. The SMILES string of the molecule is CNC(=O)C1COCCN1C(=O)C1C(C)CCCC1N. The molecule has 0 aromatic carbocycles. The van der Waals surface area contributed by atoms with Gasteiger partial charge in [-0.3, -0.25) is 9.59 Å². The van der Waals surface area contributed by atoms with Crippen molar-refractivity contribution in [3.63, 3.8) is 0 Å². The number of carbonyl (C=O) groups is 2. The topological polar surface area (TPSA) is 84.7 Å². The molecule has 6 nitrogen and oxygen atoms in total. The lowest BCUT2D eigenvalue weighted by Crippen LogP contribution is -2.59. The second kappa shape index (κ2) is 6.54. The van der Waals surface area contributed by atoms with E-state index in [1.165, 1.54) is 0 Å². The second-order valence-corrected chi connectivity index (χ2v) is 5.83. The summed E-state index contributed by atoms with van der Waals surface area (Å²) in [5, 5.41) is 2.60. The van der Waals surface area contributed by atoms with E-state index >= 15 is 0 Å². The summed E-state index contributed by atoms with van der Waals surface area (Å²) in [6, 6.07) is -0.623. The summed E-state index contributed by atoms with van der Waals surface area (Å²) in [6.45, 7) is 3.29. The van der Waals surface area contributed by atoms with E-state index in [1.807, 2.05) is 0 Å². The van der Waals surface area contributed by atoms with E-state index in [0.29, 0.717) is 13.2 Å². The quantitative estimate of drug-likeness (QED) is 0.730. The highest BCUT2D eigenvalue weighted by molar-refractivity contribution is 5.89. The van der Waals surface area contributed by atoms with Crippen LogP contribution in [0.25, 0.3) is 0 Å². The second-order valence-electron chi connectivity index (χ2n) is 5.83. The number of ether oxygens (including phenoxy) is 1. The first-order valence-corrected chi connectivity index (χ1v) is 7.41. The molecule has 0 radical (unpaired) electrons. The minimum Gasteiger partial charge on any atom is -0.377 e. The van der Waals surface area contributed by atoms with Gasteiger partial charge in [-0.05, 0) is 18.8 Å². The van der Waals surface area contributed by atoms with E-state index in [4.69, 9.17) is 10.5 Å². The predicted octanol–water partition coefficient (Wildman–Crippen LogP) is -0.277. The van der Waals surface area contributed by atoms with Gasteiger partial charge < -0.3 is 20.7 Å². The number of morpholine rings is 1. The van der Waals surface area contributed by atoms with Gasteiger partial charge in [0.15, 0.2) is 0 Å². The van der Waals surface area contributed by atoms with E-state index in [0.717, 1.165) is 19.3 Å². The van der Waals surface area contributed by atoms with Crippen molar-refractivity contribution in [3.8, 4) is 0 Å². The molecule has 2 rings (SSSR count). The molecule has 1 heterocycles. The molecule has 2 fully saturated rings. The van der Waals surface area contributed by atoms with Crippen molar-refractivity contribution in [2.24, 2.45) is 17.6 Å². The van der Waals surface area contributed by atoms with Crippen LogP contribution in [0.4, 0.5) is 0 Å². The van der Waals surface area contributed by atoms with Crippen molar-refractivity contribution in [2.75, 3.05) is 26.8 Å². The van der Waals surface area contributed by atoms with Crippen LogP contribution in [0.5, 0.6) is 0 Å². The van der Waals surface area contributed by atoms with Crippen LogP contribution in [0.1, 0.15) is 26.2 Å². The van der Waals surface area contributed by atoms with Crippen molar-refractivity contribution >= 4 is 11.8 Å². The average Bonchev–Trinajstić information content (AvgIpc) is 2.46. The van der Waals surface area contributed by atoms with Crippen LogP contribution in [0.15, 0.2) is 0 Å². The molecule has 114 valence electrons. The molecule has 0 aromatic rings. The van der Waals surface area contributed by atoms with Crippen molar-refractivity contribution < 1.29 is 14.3 Å². The Morgan fingerprint density at radius 2 is 2.10 bits per heavy atom. The highest BCUT2D eigenvalue weighted by atomic mass is 16.5. The molecule has 4 unspecified atom stereocenters. The molecule has 2 aliphatic rings. The van der Waals surface area contributed by atoms with Crippen LogP contribution < -0.4 is 11.1 Å². The largest absolute Gasteiger partial charge is 0.377 e. The Morgan fingerprint density at radius 1 is 1.35 bits per heavy atom. The van der Waals surface area contributed by atoms with Gasteiger partial charge in [-0.15, -0.1) is 0 Å². The van der Waals surface area contributed by atoms with Gasteiger partial charge in [-0.25, -0.2) is 0 Å². The number of hydrogen-bond acceptors (Lipinski definition) is 4. The minimum absolute atomic E-state index is 0.0154. The molecule has 3 N–H and O–H groups in total. The van der Waals surface area contributed by atoms with Crippen molar-refractivity contribution in [2.45, 2.75) is 38.3 Å². The van der Waals surface area contributed by atoms with Gasteiger partial charge in [0.2, 0.25) is 11.8 Å². The molecule has 1 aliphatic carbocycles. The molecule has 2 amide bonds. The zero-order chi connectivity index (χ0) is 14.7. The number of amides is 2. The number of nitrogens with two attached hydrogens (primary N) is 1. The predicted molar refractivity (Wildman–Crippen MR) is 74.9 cm³/mol. The fourth-order valence-corrected chi connectivity index (χ4v) is 3.33. The van der Waals surface area contributed by atoms with Crippen molar-refractivity contribution in [1.82, 2.24) is 10.2 Å². The van der Waals surface area contributed by atoms with E-state index in [-0.39, 0.29) is 36.3 Å². The zero-order valence-electron chi connectivity index (χ0n) is 12.3. The van der Waals surface area contributed by atoms with Gasteiger partial charge in [0, 0.05) is 19.6 Å². The van der Waals surface area contributed by atoms with E-state index in [2.05, 4.69) is 12.2 Å². The Hall–Kier alpha value is -1.14. The normalized spacial score (nSPS) is 34.6. The lowest BCUT2D eigenvalue weighted by Gasteiger charge is -2.41. The zero-order valence-corrected chi connectivity index (χ0v) is 12.3. The Balaban J connectivity index is 2.14. The Bertz CT molecular complexity index is 365. The summed E-state index contributed by atoms with van der Waals surface area (Å²) in [4.78, 5) is 26.4. The molecular weight excluding hydrogens is 258 g/mol. The molecular formula is C14H25N3O3. The van der Waals surface area contributed by atoms with Gasteiger partial charge in [0.1, 0.15) is 6.04 Å². The standard InChI is InChI=1S/C14H25N3O3/c1-9-4-3-5-10(15)12(9)14(19)17-6-7-20-8-11(17)13(18)16-2/h9-12H,3-8,15H2,1-2H3,(H,16,18). The van der Waals surface area contributed by atoms with Crippen LogP contribution in [0.2, 0.25) is 0 Å². The van der Waals surface area contributed by atoms with Crippen LogP contribution in [-0.4, -0.2) is 55.6 Å². The number of likely N-dealkylation sites (N-methyl/N-ethyl adjacent to an activating group) is 1. The van der Waals surface area contributed by atoms with Crippen molar-refractivity contribution in [1.29, 1.82) is 0 Å². The summed E-state index contributed by atoms with van der Waals surface area (Å²) >= 11 is 0. The first-order valence-electron chi connectivity index (χ1n) is 7.41. The smallest absolute Gasteiger partial charge is 0.244 e. The van der Waals surface area contributed by atoms with E-state index < -0.39 is 6.04 Å². The summed E-state index contributed by atoms with van der Waals surface area (Å²) in [5.41, 5.74) is 6.15. The molecule has 4 atom stereocenters. The maximum absolute atomic E-state index is 12.8. The fraction of sp³-hybridized carbons (Fsp3) is 0.857. The highest BCUT2D eigenvalue weighted by Crippen LogP contribution is 2.31. The van der Waals surface area contributed by atoms with Crippen molar-refractivity contribution in [3.05, 3.63) is 0 Å². The fourth-order valence-electron chi connectivity index (χ4n) is 3.33. The molecule has 1 saturated carbocycles. The Kier molecular flexibility index (Phi) is 4.99. The molecule has 1 saturated heterocycles. The Labute approximate surface area is 120 Å². The number of rotatable bonds is 2. The summed E-state index contributed by atoms with van der Waals surface area (Å²) in [6.07, 6.45) is 2.99. The van der Waals surface area contributed by atoms with Gasteiger partial charge in [-0.2, -0.15) is 0 Å². The molecule has 20 heavy (non-hydrogen) atoms. The number of nitrogens with zero attached hydrogens (tertiary/aromatic N) is 1. The van der Waals surface area contributed by atoms with Gasteiger partial charge in [-0.1, -0.05) is 13.3 Å². The van der Waals surface area contributed by atoms with Crippen LogP contribution in [0, 0.1) is 11.8 Å². The monoisotopic (exact) mass is 283 g/mol. The van der Waals surface area contributed by atoms with Gasteiger partial charge >= 0.3 is 0 Å².